The largest absolute Gasteiger partial charge is 0.329 e. The van der Waals surface area contributed by atoms with E-state index in [1.807, 2.05) is 64.0 Å². The van der Waals surface area contributed by atoms with Gasteiger partial charge < -0.3 is 15.5 Å². The van der Waals surface area contributed by atoms with E-state index in [9.17, 15) is 4.79 Å². The first-order chi connectivity index (χ1) is 15.7. The molecule has 0 unspecified atom stereocenters. The molecule has 4 aromatic rings. The van der Waals surface area contributed by atoms with E-state index in [1.165, 1.54) is 12.8 Å². The number of H-pyrrole nitrogens is 1. The van der Waals surface area contributed by atoms with E-state index in [0.717, 1.165) is 42.2 Å². The second kappa shape index (κ2) is 7.67. The van der Waals surface area contributed by atoms with Crippen molar-refractivity contribution in [2.45, 2.75) is 37.6 Å². The van der Waals surface area contributed by atoms with E-state index in [0.29, 0.717) is 17.8 Å². The van der Waals surface area contributed by atoms with Gasteiger partial charge in [0.05, 0.1) is 0 Å². The van der Waals surface area contributed by atoms with E-state index < -0.39 is 0 Å². The number of para-hydroxylation sites is 1. The van der Waals surface area contributed by atoms with E-state index >= 15 is 0 Å². The molecule has 3 N–H and O–H groups in total. The van der Waals surface area contributed by atoms with Crippen LogP contribution in [0.1, 0.15) is 37.3 Å². The van der Waals surface area contributed by atoms with Crippen LogP contribution in [0.5, 0.6) is 0 Å². The fourth-order valence-electron chi connectivity index (χ4n) is 4.28. The van der Waals surface area contributed by atoms with Gasteiger partial charge in [-0.3, -0.25) is 14.3 Å². The van der Waals surface area contributed by atoms with Crippen molar-refractivity contribution in [3.05, 3.63) is 60.4 Å². The van der Waals surface area contributed by atoms with Crippen LogP contribution in [-0.4, -0.2) is 43.1 Å². The molecule has 0 bridgehead atoms. The Bertz CT molecular complexity index is 1260. The zero-order valence-electron chi connectivity index (χ0n) is 17.5. The van der Waals surface area contributed by atoms with E-state index in [-0.39, 0.29) is 11.9 Å². The lowest BCUT2D eigenvalue weighted by Crippen LogP contribution is -2.40. The van der Waals surface area contributed by atoms with Crippen molar-refractivity contribution in [1.82, 2.24) is 24.6 Å². The number of nitrogens with zero attached hydrogens (tertiary/aromatic N) is 5. The summed E-state index contributed by atoms with van der Waals surface area (Å²) in [5.74, 6) is 2.45. The molecule has 9 heteroatoms. The molecule has 1 saturated heterocycles. The van der Waals surface area contributed by atoms with Crippen molar-refractivity contribution < 1.29 is 4.79 Å². The summed E-state index contributed by atoms with van der Waals surface area (Å²) in [4.78, 5) is 24.5. The third kappa shape index (κ3) is 3.55. The van der Waals surface area contributed by atoms with Gasteiger partial charge in [-0.2, -0.15) is 15.1 Å². The molecule has 0 spiro atoms. The van der Waals surface area contributed by atoms with Crippen molar-refractivity contribution in [2.75, 3.05) is 22.1 Å². The lowest BCUT2D eigenvalue weighted by atomic mass is 10.2. The van der Waals surface area contributed by atoms with Gasteiger partial charge in [0.25, 0.3) is 0 Å². The number of rotatable bonds is 6. The van der Waals surface area contributed by atoms with Crippen molar-refractivity contribution in [1.29, 1.82) is 0 Å². The second-order valence-electron chi connectivity index (χ2n) is 8.40. The predicted octanol–water partition coefficient (Wildman–Crippen LogP) is 3.68. The SMILES string of the molecule is O=C(Nc1ccccc1)[C@H]1CCCN1c1nc(Nc2cc(C3CC3)[nH]n2)n2cccc2n1. The summed E-state index contributed by atoms with van der Waals surface area (Å²) in [7, 11) is 0. The Morgan fingerprint density at radius 2 is 1.94 bits per heavy atom. The van der Waals surface area contributed by atoms with E-state index in [2.05, 4.69) is 20.8 Å². The number of nitrogens with one attached hydrogen (secondary N) is 3. The second-order valence-corrected chi connectivity index (χ2v) is 8.40. The highest BCUT2D eigenvalue weighted by atomic mass is 16.2. The molecule has 1 saturated carbocycles. The lowest BCUT2D eigenvalue weighted by molar-refractivity contribution is -0.117. The normalized spacial score (nSPS) is 18.2. The number of carbonyl (C=O) groups excluding carboxylic acids is 1. The predicted molar refractivity (Wildman–Crippen MR) is 122 cm³/mol. The zero-order chi connectivity index (χ0) is 21.5. The van der Waals surface area contributed by atoms with Gasteiger partial charge in [-0.05, 0) is 49.9 Å². The van der Waals surface area contributed by atoms with Crippen LogP contribution in [0, 0.1) is 0 Å². The molecule has 32 heavy (non-hydrogen) atoms. The molecule has 2 aliphatic rings. The van der Waals surface area contributed by atoms with Crippen molar-refractivity contribution in [2.24, 2.45) is 0 Å². The summed E-state index contributed by atoms with van der Waals surface area (Å²) in [5.41, 5.74) is 2.71. The first-order valence-corrected chi connectivity index (χ1v) is 11.0. The summed E-state index contributed by atoms with van der Waals surface area (Å²) in [6.07, 6.45) is 6.01. The van der Waals surface area contributed by atoms with Gasteiger partial charge in [0, 0.05) is 36.1 Å². The van der Waals surface area contributed by atoms with Crippen LogP contribution in [0.15, 0.2) is 54.7 Å². The van der Waals surface area contributed by atoms with Crippen LogP contribution in [0.4, 0.5) is 23.4 Å². The minimum atomic E-state index is -0.313. The molecule has 1 atom stereocenters. The molecule has 162 valence electrons. The zero-order valence-corrected chi connectivity index (χ0v) is 17.5. The Balaban J connectivity index is 1.28. The molecule has 1 aliphatic carbocycles. The molecule has 0 radical (unpaired) electrons. The fourth-order valence-corrected chi connectivity index (χ4v) is 4.28. The number of aromatic amines is 1. The van der Waals surface area contributed by atoms with Crippen LogP contribution in [0.2, 0.25) is 0 Å². The lowest BCUT2D eigenvalue weighted by Gasteiger charge is -2.24. The molecule has 1 aromatic carbocycles. The fraction of sp³-hybridized carbons (Fsp3) is 0.304. The number of benzene rings is 1. The standard InChI is InChI=1S/C23H24N8O/c32-21(24-16-6-2-1-3-7-16)18-8-4-12-30(18)23-26-20-9-5-13-31(20)22(27-23)25-19-14-17(28-29-19)15-10-11-15/h1-3,5-7,9,13-15,18H,4,8,10-12H2,(H,24,32)(H2,25,26,27,28,29)/t18-/m1/s1. The average molecular weight is 429 g/mol. The van der Waals surface area contributed by atoms with Crippen LogP contribution < -0.4 is 15.5 Å². The minimum Gasteiger partial charge on any atom is -0.329 e. The van der Waals surface area contributed by atoms with Crippen LogP contribution in [0.25, 0.3) is 5.65 Å². The molecular weight excluding hydrogens is 404 g/mol. The summed E-state index contributed by atoms with van der Waals surface area (Å²) in [6.45, 7) is 0.734. The topological polar surface area (TPSA) is 103 Å². The summed E-state index contributed by atoms with van der Waals surface area (Å²) < 4.78 is 1.89. The third-order valence-electron chi connectivity index (χ3n) is 6.08. The van der Waals surface area contributed by atoms with Gasteiger partial charge in [-0.15, -0.1) is 0 Å². The van der Waals surface area contributed by atoms with Gasteiger partial charge in [-0.25, -0.2) is 0 Å². The number of hydrogen-bond donors (Lipinski definition) is 3. The number of anilines is 4. The first-order valence-electron chi connectivity index (χ1n) is 11.0. The van der Waals surface area contributed by atoms with Crippen LogP contribution >= 0.6 is 0 Å². The van der Waals surface area contributed by atoms with Crippen molar-refractivity contribution in [3.63, 3.8) is 0 Å². The van der Waals surface area contributed by atoms with E-state index in [4.69, 9.17) is 9.97 Å². The molecule has 1 amide bonds. The minimum absolute atomic E-state index is 0.0385. The Morgan fingerprint density at radius 3 is 2.78 bits per heavy atom. The van der Waals surface area contributed by atoms with Crippen molar-refractivity contribution in [3.8, 4) is 0 Å². The molecular formula is C23H24N8O. The van der Waals surface area contributed by atoms with Gasteiger partial charge in [0.2, 0.25) is 17.8 Å². The Morgan fingerprint density at radius 1 is 1.06 bits per heavy atom. The molecule has 2 fully saturated rings. The molecule has 3 aromatic heterocycles. The van der Waals surface area contributed by atoms with Gasteiger partial charge in [-0.1, -0.05) is 18.2 Å². The maximum atomic E-state index is 13.0. The number of amides is 1. The monoisotopic (exact) mass is 428 g/mol. The van der Waals surface area contributed by atoms with Gasteiger partial charge >= 0.3 is 0 Å². The first kappa shape index (κ1) is 18.9. The molecule has 4 heterocycles. The Kier molecular flexibility index (Phi) is 4.52. The van der Waals surface area contributed by atoms with Crippen molar-refractivity contribution >= 4 is 35.0 Å². The van der Waals surface area contributed by atoms with Gasteiger partial charge in [0.1, 0.15) is 11.7 Å². The summed E-state index contributed by atoms with van der Waals surface area (Å²) >= 11 is 0. The van der Waals surface area contributed by atoms with Crippen LogP contribution in [0.3, 0.4) is 0 Å². The maximum Gasteiger partial charge on any atom is 0.247 e. The highest BCUT2D eigenvalue weighted by Gasteiger charge is 2.33. The number of aromatic nitrogens is 5. The Labute approximate surface area is 184 Å². The maximum absolute atomic E-state index is 13.0. The Hall–Kier alpha value is -3.88. The van der Waals surface area contributed by atoms with Gasteiger partial charge in [0.15, 0.2) is 5.82 Å². The summed E-state index contributed by atoms with van der Waals surface area (Å²) in [6, 6.07) is 15.1. The number of carbonyl (C=O) groups is 1. The summed E-state index contributed by atoms with van der Waals surface area (Å²) in [5, 5.41) is 13.9. The average Bonchev–Trinajstić information content (AvgIpc) is 3.20. The smallest absolute Gasteiger partial charge is 0.247 e. The molecule has 1 aliphatic heterocycles. The highest BCUT2D eigenvalue weighted by molar-refractivity contribution is 5.97. The van der Waals surface area contributed by atoms with E-state index in [1.54, 1.807) is 0 Å². The number of fused-ring (bicyclic) bond motifs is 1. The third-order valence-corrected chi connectivity index (χ3v) is 6.08. The molecule has 6 rings (SSSR count). The molecule has 9 nitrogen and oxygen atoms in total. The highest BCUT2D eigenvalue weighted by Crippen LogP contribution is 2.39. The number of hydrogen-bond acceptors (Lipinski definition) is 6. The van der Waals surface area contributed by atoms with Crippen LogP contribution in [-0.2, 0) is 4.79 Å². The quantitative estimate of drug-likeness (QED) is 0.433.